The molecule has 2 N–H and O–H groups in total. The first-order valence-corrected chi connectivity index (χ1v) is 8.99. The molecule has 0 saturated heterocycles. The van der Waals surface area contributed by atoms with Gasteiger partial charge in [0.2, 0.25) is 0 Å². The van der Waals surface area contributed by atoms with Gasteiger partial charge in [0.15, 0.2) is 17.5 Å². The number of guanidine groups is 1. The molecule has 0 spiro atoms. The van der Waals surface area contributed by atoms with Crippen molar-refractivity contribution in [1.29, 1.82) is 0 Å². The third-order valence-electron chi connectivity index (χ3n) is 3.30. The normalized spacial score (nSPS) is 10.8. The Morgan fingerprint density at radius 2 is 2.00 bits per heavy atom. The van der Waals surface area contributed by atoms with E-state index in [4.69, 9.17) is 9.47 Å². The van der Waals surface area contributed by atoms with E-state index >= 15 is 0 Å². The summed E-state index contributed by atoms with van der Waals surface area (Å²) in [5, 5.41) is 8.69. The molecule has 0 aliphatic rings. The molecule has 7 heteroatoms. The van der Waals surface area contributed by atoms with Crippen molar-refractivity contribution >= 4 is 41.3 Å². The lowest BCUT2D eigenvalue weighted by molar-refractivity contribution is 0.310. The second-order valence-electron chi connectivity index (χ2n) is 5.05. The molecule has 0 atom stereocenters. The van der Waals surface area contributed by atoms with Crippen molar-refractivity contribution in [1.82, 2.24) is 10.6 Å². The van der Waals surface area contributed by atoms with Crippen molar-refractivity contribution in [2.75, 3.05) is 20.3 Å². The maximum Gasteiger partial charge on any atom is 0.191 e. The number of rotatable bonds is 8. The first-order valence-electron chi connectivity index (χ1n) is 8.11. The van der Waals surface area contributed by atoms with E-state index in [2.05, 4.69) is 40.1 Å². The molecule has 1 heterocycles. The van der Waals surface area contributed by atoms with Gasteiger partial charge in [0.1, 0.15) is 0 Å². The van der Waals surface area contributed by atoms with Crippen molar-refractivity contribution in [2.24, 2.45) is 4.99 Å². The van der Waals surface area contributed by atoms with Crippen LogP contribution in [0.2, 0.25) is 0 Å². The third kappa shape index (κ3) is 7.11. The highest BCUT2D eigenvalue weighted by Crippen LogP contribution is 2.28. The molecule has 0 aliphatic heterocycles. The number of thiophene rings is 1. The van der Waals surface area contributed by atoms with E-state index in [1.54, 1.807) is 18.4 Å². The monoisotopic (exact) mass is 475 g/mol. The van der Waals surface area contributed by atoms with Gasteiger partial charge >= 0.3 is 0 Å². The Bertz CT molecular complexity index is 648. The largest absolute Gasteiger partial charge is 0.493 e. The molecule has 1 aromatic heterocycles. The predicted molar refractivity (Wildman–Crippen MR) is 116 cm³/mol. The maximum absolute atomic E-state index is 5.54. The van der Waals surface area contributed by atoms with Gasteiger partial charge in [0, 0.05) is 11.4 Å². The zero-order valence-corrected chi connectivity index (χ0v) is 18.0. The van der Waals surface area contributed by atoms with Crippen molar-refractivity contribution < 1.29 is 9.47 Å². The molecule has 25 heavy (non-hydrogen) atoms. The number of halogens is 1. The van der Waals surface area contributed by atoms with Crippen LogP contribution in [0.4, 0.5) is 0 Å². The van der Waals surface area contributed by atoms with Gasteiger partial charge in [-0.25, -0.2) is 4.99 Å². The van der Waals surface area contributed by atoms with E-state index < -0.39 is 0 Å². The second kappa shape index (κ2) is 12.0. The number of hydrogen-bond donors (Lipinski definition) is 2. The molecule has 0 amide bonds. The molecule has 0 bridgehead atoms. The van der Waals surface area contributed by atoms with Crippen LogP contribution in [0.5, 0.6) is 11.5 Å². The molecule has 2 rings (SSSR count). The molecule has 0 fully saturated rings. The van der Waals surface area contributed by atoms with E-state index in [0.717, 1.165) is 36.1 Å². The molecule has 0 aliphatic carbocycles. The average Bonchev–Trinajstić information content (AvgIpc) is 3.12. The molecule has 5 nitrogen and oxygen atoms in total. The number of nitrogens with one attached hydrogen (secondary N) is 2. The van der Waals surface area contributed by atoms with Crippen molar-refractivity contribution in [3.63, 3.8) is 0 Å². The third-order valence-corrected chi connectivity index (χ3v) is 4.18. The Morgan fingerprint density at radius 1 is 1.16 bits per heavy atom. The Kier molecular flexibility index (Phi) is 10.3. The van der Waals surface area contributed by atoms with Crippen LogP contribution in [-0.4, -0.2) is 26.2 Å². The first-order chi connectivity index (χ1) is 11.8. The standard InChI is InChI=1S/C18H25N3O2S.HI/c1-4-19-18(21-13-15-7-6-10-24-15)20-12-14-8-9-16(23-5-2)17(11-14)22-3;/h6-11H,4-5,12-13H2,1-3H3,(H2,19,20,21);1H. The summed E-state index contributed by atoms with van der Waals surface area (Å²) in [5.41, 5.74) is 1.07. The van der Waals surface area contributed by atoms with Crippen molar-refractivity contribution in [2.45, 2.75) is 26.9 Å². The minimum Gasteiger partial charge on any atom is -0.493 e. The predicted octanol–water partition coefficient (Wildman–Crippen LogP) is 4.03. The summed E-state index contributed by atoms with van der Waals surface area (Å²) in [7, 11) is 1.65. The number of methoxy groups -OCH3 is 1. The summed E-state index contributed by atoms with van der Waals surface area (Å²) < 4.78 is 10.9. The Morgan fingerprint density at radius 3 is 2.64 bits per heavy atom. The summed E-state index contributed by atoms with van der Waals surface area (Å²) in [6.07, 6.45) is 0. The van der Waals surface area contributed by atoms with Crippen LogP contribution in [0.3, 0.4) is 0 Å². The Balaban J connectivity index is 0.00000312. The van der Waals surface area contributed by atoms with Crippen molar-refractivity contribution in [3.05, 3.63) is 46.2 Å². The van der Waals surface area contributed by atoms with E-state index in [1.165, 1.54) is 4.88 Å². The van der Waals surface area contributed by atoms with Gasteiger partial charge in [-0.2, -0.15) is 0 Å². The Labute approximate surface area is 170 Å². The summed E-state index contributed by atoms with van der Waals surface area (Å²) in [5.74, 6) is 2.30. The summed E-state index contributed by atoms with van der Waals surface area (Å²) >= 11 is 1.73. The van der Waals surface area contributed by atoms with Crippen LogP contribution >= 0.6 is 35.3 Å². The van der Waals surface area contributed by atoms with Crippen LogP contribution in [0, 0.1) is 0 Å². The highest BCUT2D eigenvalue weighted by molar-refractivity contribution is 14.0. The van der Waals surface area contributed by atoms with Gasteiger partial charge in [-0.1, -0.05) is 12.1 Å². The smallest absolute Gasteiger partial charge is 0.191 e. The topological polar surface area (TPSA) is 54.9 Å². The van der Waals surface area contributed by atoms with Gasteiger partial charge < -0.3 is 20.1 Å². The quantitative estimate of drug-likeness (QED) is 0.344. The van der Waals surface area contributed by atoms with Crippen LogP contribution in [0.1, 0.15) is 24.3 Å². The van der Waals surface area contributed by atoms with Crippen LogP contribution in [0.15, 0.2) is 40.7 Å². The van der Waals surface area contributed by atoms with Gasteiger partial charge in [0.05, 0.1) is 26.8 Å². The van der Waals surface area contributed by atoms with E-state index in [1.807, 2.05) is 25.1 Å². The molecule has 138 valence electrons. The maximum atomic E-state index is 5.54. The number of nitrogens with zero attached hydrogens (tertiary/aromatic N) is 1. The van der Waals surface area contributed by atoms with Crippen LogP contribution < -0.4 is 20.1 Å². The molecule has 0 unspecified atom stereocenters. The fourth-order valence-electron chi connectivity index (χ4n) is 2.18. The van der Waals surface area contributed by atoms with E-state index in [9.17, 15) is 0 Å². The summed E-state index contributed by atoms with van der Waals surface area (Å²) in [6.45, 7) is 6.80. The molecular weight excluding hydrogens is 449 g/mol. The lowest BCUT2D eigenvalue weighted by atomic mass is 10.2. The zero-order chi connectivity index (χ0) is 17.2. The zero-order valence-electron chi connectivity index (χ0n) is 14.9. The lowest BCUT2D eigenvalue weighted by Crippen LogP contribution is -2.36. The first kappa shape index (κ1) is 21.6. The second-order valence-corrected chi connectivity index (χ2v) is 6.08. The van der Waals surface area contributed by atoms with Crippen LogP contribution in [-0.2, 0) is 13.1 Å². The van der Waals surface area contributed by atoms with Crippen molar-refractivity contribution in [3.8, 4) is 11.5 Å². The number of hydrogen-bond acceptors (Lipinski definition) is 4. The molecule has 2 aromatic rings. The van der Waals surface area contributed by atoms with E-state index in [-0.39, 0.29) is 24.0 Å². The fourth-order valence-corrected chi connectivity index (χ4v) is 2.83. The number of benzene rings is 1. The molecular formula is C18H26IN3O2S. The van der Waals surface area contributed by atoms with Gasteiger partial charge in [-0.3, -0.25) is 0 Å². The average molecular weight is 475 g/mol. The van der Waals surface area contributed by atoms with E-state index in [0.29, 0.717) is 13.2 Å². The highest BCUT2D eigenvalue weighted by atomic mass is 127. The SMILES string of the molecule is CCNC(=NCc1ccc(OCC)c(OC)c1)NCc1cccs1.I. The molecule has 0 radical (unpaired) electrons. The van der Waals surface area contributed by atoms with Gasteiger partial charge in [-0.05, 0) is 43.0 Å². The fraction of sp³-hybridized carbons (Fsp3) is 0.389. The number of aliphatic imine (C=N–C) groups is 1. The highest BCUT2D eigenvalue weighted by Gasteiger charge is 2.05. The van der Waals surface area contributed by atoms with Crippen LogP contribution in [0.25, 0.3) is 0 Å². The lowest BCUT2D eigenvalue weighted by Gasteiger charge is -2.12. The minimum atomic E-state index is 0. The number of ether oxygens (including phenoxy) is 2. The Hall–Kier alpha value is -1.48. The molecule has 1 aromatic carbocycles. The molecule has 0 saturated carbocycles. The minimum absolute atomic E-state index is 0. The van der Waals surface area contributed by atoms with Gasteiger partial charge in [0.25, 0.3) is 0 Å². The van der Waals surface area contributed by atoms with Gasteiger partial charge in [-0.15, -0.1) is 35.3 Å². The summed E-state index contributed by atoms with van der Waals surface area (Å²) in [6, 6.07) is 10.1. The summed E-state index contributed by atoms with van der Waals surface area (Å²) in [4.78, 5) is 5.92.